The summed E-state index contributed by atoms with van der Waals surface area (Å²) in [6, 6.07) is 28.3. The molecule has 2 aromatic carbocycles. The van der Waals surface area contributed by atoms with Crippen LogP contribution in [-0.4, -0.2) is 74.7 Å². The standard InChI is InChI=1S/C22H23BN2O2.C16H11ClN2.C12H24B2O4/c1-21(2)22(3,4)27-23(26-21)20-12-18(16-7-5-9-24-14-16)11-19(13-20)17-8-6-10-25-15-17;17-16-8-14(12-3-1-5-18-10-12)7-15(9-16)13-4-2-6-19-11-13;1-9(2)10(3,4)16-13(15-9)14-17-11(5,6)12(7,8)18-14/h5-15H,1-4H3;1-11H;1-8H3. The van der Waals surface area contributed by atoms with Crippen LogP contribution in [0.4, 0.5) is 0 Å². The minimum absolute atomic E-state index is 0.360. The molecule has 64 heavy (non-hydrogen) atoms. The van der Waals surface area contributed by atoms with E-state index in [4.69, 9.17) is 39.5 Å². The van der Waals surface area contributed by atoms with Crippen LogP contribution in [-0.2, 0) is 27.9 Å². The average Bonchev–Trinajstić information content (AvgIpc) is 3.74. The summed E-state index contributed by atoms with van der Waals surface area (Å²) in [4.78, 5) is 16.8. The second-order valence-corrected chi connectivity index (χ2v) is 19.8. The van der Waals surface area contributed by atoms with Gasteiger partial charge in [0, 0.05) is 65.7 Å². The van der Waals surface area contributed by atoms with Crippen LogP contribution in [0.15, 0.2) is 135 Å². The van der Waals surface area contributed by atoms with Gasteiger partial charge in [-0.25, -0.2) is 0 Å². The molecule has 3 saturated heterocycles. The van der Waals surface area contributed by atoms with Gasteiger partial charge in [0.1, 0.15) is 0 Å². The van der Waals surface area contributed by atoms with Crippen molar-refractivity contribution in [2.24, 2.45) is 0 Å². The highest BCUT2D eigenvalue weighted by Gasteiger charge is 2.63. The first-order chi connectivity index (χ1) is 30.1. The molecule has 4 aromatic heterocycles. The van der Waals surface area contributed by atoms with Gasteiger partial charge >= 0.3 is 21.1 Å². The Morgan fingerprint density at radius 1 is 0.359 bits per heavy atom. The van der Waals surface area contributed by atoms with Crippen molar-refractivity contribution in [1.82, 2.24) is 19.9 Å². The van der Waals surface area contributed by atoms with E-state index in [1.165, 1.54) is 0 Å². The number of pyridine rings is 4. The van der Waals surface area contributed by atoms with Crippen LogP contribution in [0.3, 0.4) is 0 Å². The van der Waals surface area contributed by atoms with E-state index in [1.54, 1.807) is 24.8 Å². The first-order valence-electron chi connectivity index (χ1n) is 21.7. The predicted octanol–water partition coefficient (Wildman–Crippen LogP) is 10.8. The van der Waals surface area contributed by atoms with Gasteiger partial charge in [-0.3, -0.25) is 19.9 Å². The van der Waals surface area contributed by atoms with Gasteiger partial charge in [0.05, 0.1) is 33.6 Å². The SMILES string of the molecule is CC1(C)OB(B2OC(C)(C)C(C)(C)O2)OC1(C)C.CC1(C)OB(c2cc(-c3cccnc3)cc(-c3cccnc3)c2)OC1(C)C.Clc1cc(-c2cccnc2)cc(-c2cccnc2)c1. The maximum atomic E-state index is 6.28. The molecule has 3 aliphatic rings. The Balaban J connectivity index is 0.000000148. The molecule has 14 heteroatoms. The lowest BCUT2D eigenvalue weighted by Gasteiger charge is -2.32. The van der Waals surface area contributed by atoms with E-state index in [0.717, 1.165) is 50.0 Å². The summed E-state index contributed by atoms with van der Waals surface area (Å²) < 4.78 is 36.4. The van der Waals surface area contributed by atoms with Gasteiger partial charge in [0.15, 0.2) is 0 Å². The van der Waals surface area contributed by atoms with E-state index < -0.39 is 21.1 Å². The molecule has 0 saturated carbocycles. The smallest absolute Gasteiger partial charge is 0.405 e. The number of rotatable bonds is 6. The third-order valence-corrected chi connectivity index (χ3v) is 13.3. The van der Waals surface area contributed by atoms with Crippen LogP contribution in [0.2, 0.25) is 5.02 Å². The van der Waals surface area contributed by atoms with Crippen molar-refractivity contribution in [3.05, 3.63) is 140 Å². The van der Waals surface area contributed by atoms with Crippen LogP contribution in [0.25, 0.3) is 44.5 Å². The third-order valence-electron chi connectivity index (χ3n) is 13.1. The minimum atomic E-state index is -0.476. The van der Waals surface area contributed by atoms with Gasteiger partial charge in [-0.15, -0.1) is 0 Å². The zero-order valence-corrected chi connectivity index (χ0v) is 39.8. The summed E-state index contributed by atoms with van der Waals surface area (Å²) in [5, 5.41) is 0.709. The maximum Gasteiger partial charge on any atom is 0.494 e. The second-order valence-electron chi connectivity index (χ2n) is 19.4. The Morgan fingerprint density at radius 3 is 0.891 bits per heavy atom. The number of hydrogen-bond acceptors (Lipinski definition) is 10. The van der Waals surface area contributed by atoms with E-state index in [-0.39, 0.29) is 33.6 Å². The van der Waals surface area contributed by atoms with E-state index >= 15 is 0 Å². The quantitative estimate of drug-likeness (QED) is 0.150. The van der Waals surface area contributed by atoms with Gasteiger partial charge in [0.25, 0.3) is 0 Å². The number of halogens is 1. The summed E-state index contributed by atoms with van der Waals surface area (Å²) in [5.74, 6) is 0. The molecule has 0 spiro atoms. The molecule has 6 aromatic rings. The summed E-state index contributed by atoms with van der Waals surface area (Å²) in [5.41, 5.74) is 7.28. The molecule has 3 fully saturated rings. The van der Waals surface area contributed by atoms with Gasteiger partial charge in [-0.05, 0) is 170 Å². The van der Waals surface area contributed by atoms with E-state index in [0.29, 0.717) is 5.02 Å². The third kappa shape index (κ3) is 10.4. The Morgan fingerprint density at radius 2 is 0.625 bits per heavy atom. The highest BCUT2D eigenvalue weighted by Crippen LogP contribution is 2.43. The molecule has 0 radical (unpaired) electrons. The van der Waals surface area contributed by atoms with Crippen molar-refractivity contribution in [2.75, 3.05) is 0 Å². The van der Waals surface area contributed by atoms with E-state index in [1.807, 2.05) is 129 Å². The van der Waals surface area contributed by atoms with Crippen LogP contribution in [0.5, 0.6) is 0 Å². The van der Waals surface area contributed by atoms with Crippen molar-refractivity contribution in [3.63, 3.8) is 0 Å². The molecular formula is C50H58B3ClN4O6. The molecule has 0 amide bonds. The van der Waals surface area contributed by atoms with Crippen molar-refractivity contribution < 1.29 is 27.9 Å². The molecule has 0 atom stereocenters. The lowest BCUT2D eigenvalue weighted by atomic mass is 9.49. The molecule has 3 aliphatic heterocycles. The Kier molecular flexibility index (Phi) is 13.5. The van der Waals surface area contributed by atoms with Crippen LogP contribution in [0.1, 0.15) is 83.1 Å². The number of hydrogen-bond donors (Lipinski definition) is 0. The summed E-state index contributed by atoms with van der Waals surface area (Å²) in [7, 11) is -1.37. The molecule has 7 heterocycles. The van der Waals surface area contributed by atoms with Gasteiger partial charge in [0.2, 0.25) is 0 Å². The zero-order chi connectivity index (χ0) is 46.1. The number of nitrogens with zero attached hydrogens (tertiary/aromatic N) is 4. The zero-order valence-electron chi connectivity index (χ0n) is 39.1. The normalized spacial score (nSPS) is 19.6. The van der Waals surface area contributed by atoms with Gasteiger partial charge in [-0.2, -0.15) is 0 Å². The molecular weight excluding hydrogens is 820 g/mol. The predicted molar refractivity (Wildman–Crippen MR) is 259 cm³/mol. The molecule has 0 aliphatic carbocycles. The average molecular weight is 879 g/mol. The minimum Gasteiger partial charge on any atom is -0.405 e. The number of aromatic nitrogens is 4. The van der Waals surface area contributed by atoms with E-state index in [9.17, 15) is 0 Å². The highest BCUT2D eigenvalue weighted by molar-refractivity contribution is 7.11. The first-order valence-corrected chi connectivity index (χ1v) is 22.1. The van der Waals surface area contributed by atoms with Gasteiger partial charge < -0.3 is 27.9 Å². The highest BCUT2D eigenvalue weighted by atomic mass is 35.5. The molecule has 0 bridgehead atoms. The van der Waals surface area contributed by atoms with Crippen LogP contribution >= 0.6 is 11.6 Å². The Bertz CT molecular complexity index is 2320. The summed E-state index contributed by atoms with van der Waals surface area (Å²) in [6.07, 6.45) is 14.5. The molecule has 330 valence electrons. The second kappa shape index (κ2) is 18.3. The largest absolute Gasteiger partial charge is 0.494 e. The fourth-order valence-electron chi connectivity index (χ4n) is 7.16. The van der Waals surface area contributed by atoms with E-state index in [2.05, 4.69) is 84.0 Å². The topological polar surface area (TPSA) is 107 Å². The summed E-state index contributed by atoms with van der Waals surface area (Å²) >= 11 is 6.21. The maximum absolute atomic E-state index is 6.28. The monoisotopic (exact) mass is 878 g/mol. The van der Waals surface area contributed by atoms with Crippen molar-refractivity contribution >= 4 is 38.2 Å². The molecule has 9 rings (SSSR count). The van der Waals surface area contributed by atoms with Crippen LogP contribution < -0.4 is 5.46 Å². The van der Waals surface area contributed by atoms with Crippen LogP contribution in [0, 0.1) is 0 Å². The Labute approximate surface area is 385 Å². The molecule has 10 nitrogen and oxygen atoms in total. The van der Waals surface area contributed by atoms with Crippen molar-refractivity contribution in [2.45, 2.75) is 117 Å². The Hall–Kier alpha value is -4.72. The fourth-order valence-corrected chi connectivity index (χ4v) is 7.39. The molecule has 0 N–H and O–H groups in total. The first kappa shape index (κ1) is 47.3. The van der Waals surface area contributed by atoms with Crippen molar-refractivity contribution in [3.8, 4) is 44.5 Å². The molecule has 0 unspecified atom stereocenters. The van der Waals surface area contributed by atoms with Crippen molar-refractivity contribution in [1.29, 1.82) is 0 Å². The summed E-state index contributed by atoms with van der Waals surface area (Å²) in [6.45, 7) is 24.5. The fraction of sp³-hybridized carbons (Fsp3) is 0.360. The number of benzene rings is 2. The lowest BCUT2D eigenvalue weighted by molar-refractivity contribution is 0.00578. The lowest BCUT2D eigenvalue weighted by Crippen LogP contribution is -2.41. The van der Waals surface area contributed by atoms with Gasteiger partial charge in [-0.1, -0.05) is 48.0 Å².